The standard InChI is InChI=1S/C14H15N5S2/c1-8-6-10-12(16-14(18-15)17-13(10)21-8)19-4-2-11-9(7-19)3-5-20-11/h3,5-6H,2,4,7,15H2,1H3,(H,16,17,18). The molecule has 4 rings (SSSR count). The molecule has 0 spiro atoms. The molecule has 3 aromatic rings. The largest absolute Gasteiger partial charge is 0.351 e. The zero-order valence-electron chi connectivity index (χ0n) is 11.6. The molecule has 0 aromatic carbocycles. The fourth-order valence-electron chi connectivity index (χ4n) is 2.76. The van der Waals surface area contributed by atoms with Crippen molar-refractivity contribution in [1.29, 1.82) is 0 Å². The van der Waals surface area contributed by atoms with Crippen LogP contribution in [0.25, 0.3) is 10.2 Å². The number of aromatic nitrogens is 2. The van der Waals surface area contributed by atoms with Crippen LogP contribution in [-0.4, -0.2) is 16.5 Å². The highest BCUT2D eigenvalue weighted by molar-refractivity contribution is 7.18. The van der Waals surface area contributed by atoms with Gasteiger partial charge in [-0.25, -0.2) is 10.8 Å². The van der Waals surface area contributed by atoms with Gasteiger partial charge in [0, 0.05) is 22.8 Å². The number of hydrogen-bond donors (Lipinski definition) is 2. The van der Waals surface area contributed by atoms with Gasteiger partial charge in [0.05, 0.1) is 5.39 Å². The van der Waals surface area contributed by atoms with Crippen LogP contribution >= 0.6 is 22.7 Å². The first-order valence-corrected chi connectivity index (χ1v) is 8.49. The molecule has 0 bridgehead atoms. The number of rotatable bonds is 2. The molecule has 5 nitrogen and oxygen atoms in total. The monoisotopic (exact) mass is 317 g/mol. The van der Waals surface area contributed by atoms with Gasteiger partial charge in [-0.05, 0) is 36.4 Å². The van der Waals surface area contributed by atoms with Gasteiger partial charge in [0.25, 0.3) is 0 Å². The fourth-order valence-corrected chi connectivity index (χ4v) is 4.53. The Bertz CT molecular complexity index is 807. The Morgan fingerprint density at radius 2 is 2.29 bits per heavy atom. The van der Waals surface area contributed by atoms with Crippen molar-refractivity contribution >= 4 is 44.7 Å². The summed E-state index contributed by atoms with van der Waals surface area (Å²) in [6.07, 6.45) is 1.08. The van der Waals surface area contributed by atoms with Crippen molar-refractivity contribution in [2.24, 2.45) is 5.84 Å². The van der Waals surface area contributed by atoms with Crippen LogP contribution in [0, 0.1) is 6.92 Å². The van der Waals surface area contributed by atoms with Gasteiger partial charge in [-0.15, -0.1) is 22.7 Å². The number of nitrogen functional groups attached to an aromatic ring is 1. The smallest absolute Gasteiger partial charge is 0.240 e. The second kappa shape index (κ2) is 4.94. The predicted molar refractivity (Wildman–Crippen MR) is 89.0 cm³/mol. The maximum Gasteiger partial charge on any atom is 0.240 e. The van der Waals surface area contributed by atoms with Gasteiger partial charge in [0.15, 0.2) is 0 Å². The van der Waals surface area contributed by atoms with Gasteiger partial charge in [-0.2, -0.15) is 4.98 Å². The van der Waals surface area contributed by atoms with Gasteiger partial charge in [-0.3, -0.25) is 5.43 Å². The Morgan fingerprint density at radius 3 is 3.14 bits per heavy atom. The first-order chi connectivity index (χ1) is 10.2. The first-order valence-electron chi connectivity index (χ1n) is 6.79. The highest BCUT2D eigenvalue weighted by atomic mass is 32.1. The van der Waals surface area contributed by atoms with Crippen molar-refractivity contribution in [3.8, 4) is 0 Å². The lowest BCUT2D eigenvalue weighted by Gasteiger charge is -2.28. The molecule has 21 heavy (non-hydrogen) atoms. The summed E-state index contributed by atoms with van der Waals surface area (Å²) in [5, 5.41) is 3.29. The van der Waals surface area contributed by atoms with E-state index in [2.05, 4.69) is 44.7 Å². The van der Waals surface area contributed by atoms with Crippen molar-refractivity contribution in [3.63, 3.8) is 0 Å². The van der Waals surface area contributed by atoms with E-state index >= 15 is 0 Å². The average Bonchev–Trinajstić information content (AvgIpc) is 3.09. The van der Waals surface area contributed by atoms with E-state index in [1.54, 1.807) is 11.3 Å². The minimum absolute atomic E-state index is 0.482. The summed E-state index contributed by atoms with van der Waals surface area (Å²) in [5.74, 6) is 6.98. The lowest BCUT2D eigenvalue weighted by molar-refractivity contribution is 0.735. The lowest BCUT2D eigenvalue weighted by Crippen LogP contribution is -2.30. The highest BCUT2D eigenvalue weighted by Crippen LogP contribution is 2.34. The number of fused-ring (bicyclic) bond motifs is 2. The van der Waals surface area contributed by atoms with Crippen LogP contribution in [0.3, 0.4) is 0 Å². The normalized spacial score (nSPS) is 14.5. The Hall–Kier alpha value is -1.70. The second-order valence-electron chi connectivity index (χ2n) is 5.13. The van der Waals surface area contributed by atoms with Crippen molar-refractivity contribution in [2.45, 2.75) is 19.9 Å². The third kappa shape index (κ3) is 2.17. The lowest BCUT2D eigenvalue weighted by atomic mass is 10.1. The number of nitrogens with zero attached hydrogens (tertiary/aromatic N) is 3. The number of aryl methyl sites for hydroxylation is 1. The Labute approximate surface area is 130 Å². The maximum atomic E-state index is 5.52. The molecule has 0 atom stereocenters. The van der Waals surface area contributed by atoms with E-state index < -0.39 is 0 Å². The highest BCUT2D eigenvalue weighted by Gasteiger charge is 2.22. The molecule has 0 radical (unpaired) electrons. The third-order valence-electron chi connectivity index (χ3n) is 3.73. The molecule has 0 aliphatic carbocycles. The third-order valence-corrected chi connectivity index (χ3v) is 5.70. The molecule has 108 valence electrons. The number of hydrazine groups is 1. The molecule has 1 aliphatic rings. The van der Waals surface area contributed by atoms with Crippen molar-refractivity contribution in [2.75, 3.05) is 16.9 Å². The predicted octanol–water partition coefficient (Wildman–Crippen LogP) is 2.91. The van der Waals surface area contributed by atoms with Crippen LogP contribution in [0.2, 0.25) is 0 Å². The van der Waals surface area contributed by atoms with Gasteiger partial charge < -0.3 is 4.90 Å². The van der Waals surface area contributed by atoms with E-state index in [9.17, 15) is 0 Å². The Morgan fingerprint density at radius 1 is 1.38 bits per heavy atom. The zero-order chi connectivity index (χ0) is 14.4. The fraction of sp³-hybridized carbons (Fsp3) is 0.286. The summed E-state index contributed by atoms with van der Waals surface area (Å²) in [6.45, 7) is 3.99. The summed E-state index contributed by atoms with van der Waals surface area (Å²) >= 11 is 3.52. The summed E-state index contributed by atoms with van der Waals surface area (Å²) in [4.78, 5) is 15.1. The molecule has 3 N–H and O–H groups in total. The molecular formula is C14H15N5S2. The van der Waals surface area contributed by atoms with Crippen LogP contribution in [-0.2, 0) is 13.0 Å². The number of thiophene rings is 2. The van der Waals surface area contributed by atoms with Crippen LogP contribution in [0.15, 0.2) is 17.5 Å². The number of nitrogens with two attached hydrogens (primary N) is 1. The van der Waals surface area contributed by atoms with E-state index in [-0.39, 0.29) is 0 Å². The molecule has 0 fully saturated rings. The maximum absolute atomic E-state index is 5.52. The molecule has 1 aliphatic heterocycles. The molecule has 0 saturated carbocycles. The van der Waals surface area contributed by atoms with Crippen LogP contribution in [0.1, 0.15) is 15.3 Å². The van der Waals surface area contributed by atoms with Crippen molar-refractivity contribution < 1.29 is 0 Å². The zero-order valence-corrected chi connectivity index (χ0v) is 13.2. The van der Waals surface area contributed by atoms with E-state index in [1.165, 1.54) is 15.3 Å². The van der Waals surface area contributed by atoms with Gasteiger partial charge in [-0.1, -0.05) is 0 Å². The first kappa shape index (κ1) is 13.0. The molecule has 3 aromatic heterocycles. The summed E-state index contributed by atoms with van der Waals surface area (Å²) < 4.78 is 0. The second-order valence-corrected chi connectivity index (χ2v) is 7.37. The van der Waals surface area contributed by atoms with E-state index in [0.717, 1.165) is 35.5 Å². The molecule has 0 unspecified atom stereocenters. The van der Waals surface area contributed by atoms with Gasteiger partial charge >= 0.3 is 0 Å². The topological polar surface area (TPSA) is 67.1 Å². The summed E-state index contributed by atoms with van der Waals surface area (Å²) in [7, 11) is 0. The quantitative estimate of drug-likeness (QED) is 0.562. The molecule has 7 heteroatoms. The summed E-state index contributed by atoms with van der Waals surface area (Å²) in [5.41, 5.74) is 3.99. The molecule has 0 saturated heterocycles. The van der Waals surface area contributed by atoms with Crippen molar-refractivity contribution in [3.05, 3.63) is 32.8 Å². The van der Waals surface area contributed by atoms with Crippen LogP contribution in [0.5, 0.6) is 0 Å². The molecule has 4 heterocycles. The average molecular weight is 317 g/mol. The SMILES string of the molecule is Cc1cc2c(N3CCc4sccc4C3)nc(NN)nc2s1. The van der Waals surface area contributed by atoms with Crippen molar-refractivity contribution in [1.82, 2.24) is 9.97 Å². The van der Waals surface area contributed by atoms with E-state index in [4.69, 9.17) is 5.84 Å². The van der Waals surface area contributed by atoms with E-state index in [0.29, 0.717) is 5.95 Å². The molecular weight excluding hydrogens is 302 g/mol. The molecule has 0 amide bonds. The van der Waals surface area contributed by atoms with Crippen LogP contribution < -0.4 is 16.2 Å². The summed E-state index contributed by atoms with van der Waals surface area (Å²) in [6, 6.07) is 4.38. The minimum Gasteiger partial charge on any atom is -0.351 e. The van der Waals surface area contributed by atoms with Gasteiger partial charge in [0.2, 0.25) is 5.95 Å². The number of hydrogen-bond acceptors (Lipinski definition) is 7. The minimum atomic E-state index is 0.482. The number of nitrogens with one attached hydrogen (secondary N) is 1. The Balaban J connectivity index is 1.82. The van der Waals surface area contributed by atoms with E-state index in [1.807, 2.05) is 11.3 Å². The number of anilines is 2. The van der Waals surface area contributed by atoms with Crippen LogP contribution in [0.4, 0.5) is 11.8 Å². The van der Waals surface area contributed by atoms with Gasteiger partial charge in [0.1, 0.15) is 10.6 Å². The Kier molecular flexibility index (Phi) is 3.06.